The van der Waals surface area contributed by atoms with Crippen LogP contribution in [-0.4, -0.2) is 23.0 Å². The monoisotopic (exact) mass is 271 g/mol. The van der Waals surface area contributed by atoms with Gasteiger partial charge in [-0.3, -0.25) is 4.79 Å². The van der Waals surface area contributed by atoms with Gasteiger partial charge in [-0.25, -0.2) is 8.78 Å². The molecule has 1 unspecified atom stereocenters. The van der Waals surface area contributed by atoms with Gasteiger partial charge in [0.1, 0.15) is 17.2 Å². The van der Waals surface area contributed by atoms with Gasteiger partial charge in [0, 0.05) is 0 Å². The molecule has 0 radical (unpaired) electrons. The quantitative estimate of drug-likeness (QED) is 0.336. The van der Waals surface area contributed by atoms with Gasteiger partial charge in [-0.05, 0) is 25.0 Å². The largest absolute Gasteiger partial charge is 0.409 e. The van der Waals surface area contributed by atoms with Gasteiger partial charge in [-0.2, -0.15) is 0 Å². The molecule has 0 saturated carbocycles. The number of hydrogen-bond acceptors (Lipinski definition) is 3. The van der Waals surface area contributed by atoms with E-state index >= 15 is 0 Å². The highest BCUT2D eigenvalue weighted by Gasteiger charge is 2.22. The van der Waals surface area contributed by atoms with E-state index < -0.39 is 29.1 Å². The van der Waals surface area contributed by atoms with E-state index in [1.165, 1.54) is 13.0 Å². The molecular formula is C12H15F2N3O2. The average Bonchev–Trinajstić information content (AvgIpc) is 2.39. The van der Waals surface area contributed by atoms with E-state index in [9.17, 15) is 13.6 Å². The average molecular weight is 271 g/mol. The molecule has 7 heteroatoms. The first-order valence-electron chi connectivity index (χ1n) is 5.65. The predicted octanol–water partition coefficient (Wildman–Crippen LogP) is 1.53. The Hall–Kier alpha value is -2.18. The number of carbonyl (C=O) groups is 1. The van der Waals surface area contributed by atoms with Crippen molar-refractivity contribution in [2.24, 2.45) is 10.9 Å². The fourth-order valence-electron chi connectivity index (χ4n) is 1.55. The Morgan fingerprint density at radius 2 is 2.16 bits per heavy atom. The summed E-state index contributed by atoms with van der Waals surface area (Å²) < 4.78 is 27.2. The molecule has 0 aromatic heterocycles. The van der Waals surface area contributed by atoms with E-state index in [-0.39, 0.29) is 11.4 Å². The van der Waals surface area contributed by atoms with Crippen molar-refractivity contribution < 1.29 is 18.8 Å². The number of carbonyl (C=O) groups excluding carboxylic acids is 1. The number of nitrogens with two attached hydrogens (primary N) is 1. The SMILES string of the molecule is CCC(NC(=O)c1c(F)ccc(C)c1F)/C(N)=N/O. The first-order valence-corrected chi connectivity index (χ1v) is 5.65. The molecular weight excluding hydrogens is 256 g/mol. The van der Waals surface area contributed by atoms with Crippen molar-refractivity contribution >= 4 is 11.7 Å². The molecule has 0 spiro atoms. The minimum Gasteiger partial charge on any atom is -0.409 e. The Kier molecular flexibility index (Phi) is 4.80. The van der Waals surface area contributed by atoms with Crippen LogP contribution in [0.3, 0.4) is 0 Å². The third-order valence-corrected chi connectivity index (χ3v) is 2.70. The van der Waals surface area contributed by atoms with Crippen molar-refractivity contribution in [1.82, 2.24) is 5.32 Å². The normalized spacial score (nSPS) is 13.2. The van der Waals surface area contributed by atoms with Crippen molar-refractivity contribution in [3.8, 4) is 0 Å². The summed E-state index contributed by atoms with van der Waals surface area (Å²) in [6.45, 7) is 3.10. The van der Waals surface area contributed by atoms with Crippen LogP contribution in [0.15, 0.2) is 17.3 Å². The number of benzene rings is 1. The third-order valence-electron chi connectivity index (χ3n) is 2.70. The van der Waals surface area contributed by atoms with E-state index in [0.717, 1.165) is 6.07 Å². The lowest BCUT2D eigenvalue weighted by atomic mass is 10.1. The molecule has 19 heavy (non-hydrogen) atoms. The van der Waals surface area contributed by atoms with Crippen LogP contribution in [0.4, 0.5) is 8.78 Å². The number of amides is 1. The third kappa shape index (κ3) is 3.18. The number of amidine groups is 1. The van der Waals surface area contributed by atoms with Crippen LogP contribution >= 0.6 is 0 Å². The van der Waals surface area contributed by atoms with Crippen LogP contribution in [0, 0.1) is 18.6 Å². The van der Waals surface area contributed by atoms with Gasteiger partial charge >= 0.3 is 0 Å². The molecule has 0 aliphatic heterocycles. The highest BCUT2D eigenvalue weighted by atomic mass is 19.1. The van der Waals surface area contributed by atoms with Gasteiger partial charge in [-0.15, -0.1) is 0 Å². The zero-order chi connectivity index (χ0) is 14.6. The molecule has 4 N–H and O–H groups in total. The summed E-state index contributed by atoms with van der Waals surface area (Å²) in [5.41, 5.74) is 4.84. The molecule has 0 heterocycles. The number of nitrogens with zero attached hydrogens (tertiary/aromatic N) is 1. The Morgan fingerprint density at radius 3 is 2.68 bits per heavy atom. The molecule has 1 atom stereocenters. The number of hydrogen-bond donors (Lipinski definition) is 3. The zero-order valence-corrected chi connectivity index (χ0v) is 10.6. The number of aryl methyl sites for hydroxylation is 1. The first kappa shape index (κ1) is 14.9. The summed E-state index contributed by atoms with van der Waals surface area (Å²) in [7, 11) is 0. The molecule has 0 fully saturated rings. The molecule has 1 rings (SSSR count). The van der Waals surface area contributed by atoms with E-state index in [0.29, 0.717) is 6.42 Å². The summed E-state index contributed by atoms with van der Waals surface area (Å²) in [4.78, 5) is 11.8. The van der Waals surface area contributed by atoms with E-state index in [2.05, 4.69) is 10.5 Å². The maximum absolute atomic E-state index is 13.7. The van der Waals surface area contributed by atoms with Gasteiger partial charge in [0.05, 0.1) is 6.04 Å². The molecule has 1 aromatic rings. The van der Waals surface area contributed by atoms with Crippen LogP contribution in [0.25, 0.3) is 0 Å². The summed E-state index contributed by atoms with van der Waals surface area (Å²) in [5.74, 6) is -3.07. The smallest absolute Gasteiger partial charge is 0.257 e. The fourth-order valence-corrected chi connectivity index (χ4v) is 1.55. The Labute approximate surface area is 109 Å². The second-order valence-corrected chi connectivity index (χ2v) is 4.01. The van der Waals surface area contributed by atoms with Gasteiger partial charge in [0.2, 0.25) is 0 Å². The zero-order valence-electron chi connectivity index (χ0n) is 10.6. The second-order valence-electron chi connectivity index (χ2n) is 4.01. The van der Waals surface area contributed by atoms with Crippen molar-refractivity contribution in [3.05, 3.63) is 34.9 Å². The van der Waals surface area contributed by atoms with Crippen molar-refractivity contribution in [3.63, 3.8) is 0 Å². The summed E-state index contributed by atoms with van der Waals surface area (Å²) in [6.07, 6.45) is 0.316. The molecule has 0 aliphatic carbocycles. The number of rotatable bonds is 4. The van der Waals surface area contributed by atoms with E-state index in [1.54, 1.807) is 6.92 Å². The van der Waals surface area contributed by atoms with Gasteiger partial charge in [-0.1, -0.05) is 18.1 Å². The van der Waals surface area contributed by atoms with Crippen molar-refractivity contribution in [1.29, 1.82) is 0 Å². The molecule has 5 nitrogen and oxygen atoms in total. The lowest BCUT2D eigenvalue weighted by Crippen LogP contribution is -2.44. The maximum Gasteiger partial charge on any atom is 0.257 e. The summed E-state index contributed by atoms with van der Waals surface area (Å²) in [5, 5.41) is 13.6. The highest BCUT2D eigenvalue weighted by molar-refractivity contribution is 5.98. The molecule has 0 bridgehead atoms. The van der Waals surface area contributed by atoms with Crippen LogP contribution < -0.4 is 11.1 Å². The van der Waals surface area contributed by atoms with Crippen LogP contribution in [-0.2, 0) is 0 Å². The standard InChI is InChI=1S/C12H15F2N3O2/c1-3-8(11(15)17-19)16-12(18)9-7(13)5-4-6(2)10(9)14/h4-5,8,19H,3H2,1-2H3,(H2,15,17)(H,16,18). The minimum atomic E-state index is -0.963. The number of halogens is 2. The Balaban J connectivity index is 3.05. The topological polar surface area (TPSA) is 87.7 Å². The van der Waals surface area contributed by atoms with Crippen LogP contribution in [0.1, 0.15) is 29.3 Å². The predicted molar refractivity (Wildman–Crippen MR) is 66.0 cm³/mol. The van der Waals surface area contributed by atoms with Crippen LogP contribution in [0.5, 0.6) is 0 Å². The molecule has 1 amide bonds. The molecule has 104 valence electrons. The van der Waals surface area contributed by atoms with Crippen molar-refractivity contribution in [2.75, 3.05) is 0 Å². The summed E-state index contributed by atoms with van der Waals surface area (Å²) >= 11 is 0. The van der Waals surface area contributed by atoms with Gasteiger partial charge in [0.25, 0.3) is 5.91 Å². The Bertz CT molecular complexity index is 518. The molecule has 1 aromatic carbocycles. The Morgan fingerprint density at radius 1 is 1.53 bits per heavy atom. The molecule has 0 saturated heterocycles. The minimum absolute atomic E-state index is 0.156. The van der Waals surface area contributed by atoms with Gasteiger partial charge < -0.3 is 16.3 Å². The summed E-state index contributed by atoms with van der Waals surface area (Å²) in [6, 6.07) is 1.46. The van der Waals surface area contributed by atoms with E-state index in [1.807, 2.05) is 0 Å². The van der Waals surface area contributed by atoms with Gasteiger partial charge in [0.15, 0.2) is 5.84 Å². The van der Waals surface area contributed by atoms with Crippen molar-refractivity contribution in [2.45, 2.75) is 26.3 Å². The molecule has 0 aliphatic rings. The number of nitrogens with one attached hydrogen (secondary N) is 1. The first-order chi connectivity index (χ1) is 8.92. The number of oxime groups is 1. The lowest BCUT2D eigenvalue weighted by molar-refractivity contribution is 0.0937. The second kappa shape index (κ2) is 6.12. The lowest BCUT2D eigenvalue weighted by Gasteiger charge is -2.16. The fraction of sp³-hybridized carbons (Fsp3) is 0.333. The highest BCUT2D eigenvalue weighted by Crippen LogP contribution is 2.16. The van der Waals surface area contributed by atoms with E-state index in [4.69, 9.17) is 10.9 Å². The maximum atomic E-state index is 13.7. The van der Waals surface area contributed by atoms with Crippen LogP contribution in [0.2, 0.25) is 0 Å².